The van der Waals surface area contributed by atoms with Gasteiger partial charge in [0.05, 0.1) is 6.54 Å². The Balaban J connectivity index is 2.04. The molecule has 1 aromatic rings. The van der Waals surface area contributed by atoms with Crippen molar-refractivity contribution in [1.29, 1.82) is 0 Å². The van der Waals surface area contributed by atoms with Gasteiger partial charge in [-0.1, -0.05) is 17.4 Å². The number of hydrogen-bond acceptors (Lipinski definition) is 5. The first-order chi connectivity index (χ1) is 8.85. The van der Waals surface area contributed by atoms with Crippen molar-refractivity contribution in [3.05, 3.63) is 16.1 Å². The lowest BCUT2D eigenvalue weighted by atomic mass is 10.1. The summed E-state index contributed by atoms with van der Waals surface area (Å²) in [6.45, 7) is 8.79. The molecule has 1 aliphatic rings. The molecule has 0 saturated carbocycles. The van der Waals surface area contributed by atoms with Gasteiger partial charge in [-0.25, -0.2) is 4.79 Å². The summed E-state index contributed by atoms with van der Waals surface area (Å²) in [5.74, 6) is 0. The maximum absolute atomic E-state index is 12.0. The van der Waals surface area contributed by atoms with E-state index >= 15 is 0 Å². The van der Waals surface area contributed by atoms with E-state index in [1.54, 1.807) is 16.2 Å². The summed E-state index contributed by atoms with van der Waals surface area (Å²) in [5, 5.41) is 9.97. The quantitative estimate of drug-likeness (QED) is 0.794. The Hall–Kier alpha value is -1.43. The van der Waals surface area contributed by atoms with Gasteiger partial charge in [-0.05, 0) is 34.1 Å². The van der Waals surface area contributed by atoms with Gasteiger partial charge in [-0.3, -0.25) is 0 Å². The number of nitrogens with zero attached hydrogens (tertiary/aromatic N) is 3. The topological polar surface area (TPSA) is 55.3 Å². The number of aryl methyl sites for hydroxylation is 1. The van der Waals surface area contributed by atoms with Gasteiger partial charge in [-0.15, -0.1) is 10.2 Å². The standard InChI is InChI=1S/C13H19N3O2S/c1-9-14-15-11(19-9)10-6-5-7-16(8-10)12(17)18-13(2,3)4/h6H,5,7-8H2,1-4H3. The van der Waals surface area contributed by atoms with Crippen LogP contribution in [-0.2, 0) is 4.74 Å². The Kier molecular flexibility index (Phi) is 3.89. The van der Waals surface area contributed by atoms with Crippen LogP contribution in [0.25, 0.3) is 5.57 Å². The van der Waals surface area contributed by atoms with Crippen LogP contribution in [0.4, 0.5) is 4.79 Å². The Labute approximate surface area is 117 Å². The van der Waals surface area contributed by atoms with Crippen molar-refractivity contribution in [1.82, 2.24) is 15.1 Å². The molecule has 1 aromatic heterocycles. The molecule has 0 atom stereocenters. The molecule has 0 saturated heterocycles. The third-order valence-electron chi connectivity index (χ3n) is 2.60. The van der Waals surface area contributed by atoms with Crippen LogP contribution in [-0.4, -0.2) is 39.9 Å². The van der Waals surface area contributed by atoms with Crippen LogP contribution in [0.5, 0.6) is 0 Å². The van der Waals surface area contributed by atoms with Gasteiger partial charge < -0.3 is 9.64 Å². The summed E-state index contributed by atoms with van der Waals surface area (Å²) >= 11 is 1.55. The molecule has 0 bridgehead atoms. The van der Waals surface area contributed by atoms with Crippen molar-refractivity contribution in [3.63, 3.8) is 0 Å². The predicted octanol–water partition coefficient (Wildman–Crippen LogP) is 2.87. The number of hydrogen-bond donors (Lipinski definition) is 0. The first kappa shape index (κ1) is 14.0. The largest absolute Gasteiger partial charge is 0.444 e. The lowest BCUT2D eigenvalue weighted by Gasteiger charge is -2.29. The maximum atomic E-state index is 12.0. The molecule has 5 nitrogen and oxygen atoms in total. The first-order valence-corrected chi connectivity index (χ1v) is 7.14. The van der Waals surface area contributed by atoms with Crippen molar-refractivity contribution in [2.75, 3.05) is 13.1 Å². The first-order valence-electron chi connectivity index (χ1n) is 6.32. The van der Waals surface area contributed by atoms with Gasteiger partial charge in [0.1, 0.15) is 15.6 Å². The van der Waals surface area contributed by atoms with Crippen LogP contribution in [0.1, 0.15) is 37.2 Å². The second kappa shape index (κ2) is 5.28. The lowest BCUT2D eigenvalue weighted by molar-refractivity contribution is 0.0273. The van der Waals surface area contributed by atoms with Gasteiger partial charge in [0.25, 0.3) is 0 Å². The van der Waals surface area contributed by atoms with Crippen molar-refractivity contribution < 1.29 is 9.53 Å². The third kappa shape index (κ3) is 3.76. The van der Waals surface area contributed by atoms with Gasteiger partial charge in [0.15, 0.2) is 0 Å². The zero-order valence-electron chi connectivity index (χ0n) is 11.8. The molecule has 6 heteroatoms. The molecule has 104 valence electrons. The molecule has 2 heterocycles. The fourth-order valence-electron chi connectivity index (χ4n) is 1.81. The molecule has 0 aromatic carbocycles. The second-order valence-corrected chi connectivity index (χ2v) is 6.73. The van der Waals surface area contributed by atoms with E-state index in [-0.39, 0.29) is 6.09 Å². The molecule has 1 aliphatic heterocycles. The fourth-order valence-corrected chi connectivity index (χ4v) is 2.53. The molecule has 0 N–H and O–H groups in total. The Morgan fingerprint density at radius 3 is 2.74 bits per heavy atom. The van der Waals surface area contributed by atoms with Crippen LogP contribution in [0, 0.1) is 6.92 Å². The number of carbonyl (C=O) groups is 1. The highest BCUT2D eigenvalue weighted by Crippen LogP contribution is 2.24. The minimum absolute atomic E-state index is 0.265. The van der Waals surface area contributed by atoms with E-state index in [0.29, 0.717) is 13.1 Å². The minimum Gasteiger partial charge on any atom is -0.444 e. The van der Waals surface area contributed by atoms with Crippen LogP contribution in [0.3, 0.4) is 0 Å². The van der Waals surface area contributed by atoms with Gasteiger partial charge >= 0.3 is 6.09 Å². The molecular weight excluding hydrogens is 262 g/mol. The molecule has 1 amide bonds. The number of rotatable bonds is 1. The smallest absolute Gasteiger partial charge is 0.410 e. The number of amides is 1. The molecule has 0 fully saturated rings. The van der Waals surface area contributed by atoms with Crippen molar-refractivity contribution in [2.45, 2.75) is 39.7 Å². The van der Waals surface area contributed by atoms with Crippen molar-refractivity contribution in [3.8, 4) is 0 Å². The highest BCUT2D eigenvalue weighted by molar-refractivity contribution is 7.12. The summed E-state index contributed by atoms with van der Waals surface area (Å²) in [4.78, 5) is 13.8. The summed E-state index contributed by atoms with van der Waals surface area (Å²) in [6, 6.07) is 0. The second-order valence-electron chi connectivity index (χ2n) is 5.55. The van der Waals surface area contributed by atoms with Crippen LogP contribution < -0.4 is 0 Å². The minimum atomic E-state index is -0.461. The van der Waals surface area contributed by atoms with Crippen LogP contribution >= 0.6 is 11.3 Å². The van der Waals surface area contributed by atoms with E-state index in [2.05, 4.69) is 16.3 Å². The molecular formula is C13H19N3O2S. The van der Waals surface area contributed by atoms with Crippen molar-refractivity contribution in [2.24, 2.45) is 0 Å². The van der Waals surface area contributed by atoms with E-state index < -0.39 is 5.60 Å². The van der Waals surface area contributed by atoms with E-state index in [1.807, 2.05) is 27.7 Å². The van der Waals surface area contributed by atoms with Gasteiger partial charge in [0, 0.05) is 12.1 Å². The van der Waals surface area contributed by atoms with Crippen molar-refractivity contribution >= 4 is 23.0 Å². The average Bonchev–Trinajstić information content (AvgIpc) is 2.74. The zero-order valence-corrected chi connectivity index (χ0v) is 12.6. The van der Waals surface area contributed by atoms with E-state index in [4.69, 9.17) is 4.74 Å². The molecule has 0 radical (unpaired) electrons. The SMILES string of the molecule is Cc1nnc(C2=CCCN(C(=O)OC(C)(C)C)C2)s1. The van der Waals surface area contributed by atoms with Crippen LogP contribution in [0.2, 0.25) is 0 Å². The summed E-state index contributed by atoms with van der Waals surface area (Å²) in [7, 11) is 0. The highest BCUT2D eigenvalue weighted by atomic mass is 32.1. The van der Waals surface area contributed by atoms with Crippen LogP contribution in [0.15, 0.2) is 6.08 Å². The molecule has 0 aliphatic carbocycles. The normalized spacial score (nSPS) is 16.2. The highest BCUT2D eigenvalue weighted by Gasteiger charge is 2.25. The van der Waals surface area contributed by atoms with Gasteiger partial charge in [0.2, 0.25) is 0 Å². The maximum Gasteiger partial charge on any atom is 0.410 e. The number of aromatic nitrogens is 2. The monoisotopic (exact) mass is 281 g/mol. The fraction of sp³-hybridized carbons (Fsp3) is 0.615. The predicted molar refractivity (Wildman–Crippen MR) is 75.0 cm³/mol. The molecule has 2 rings (SSSR count). The summed E-state index contributed by atoms with van der Waals surface area (Å²) in [6.07, 6.45) is 2.69. The zero-order chi connectivity index (χ0) is 14.0. The third-order valence-corrected chi connectivity index (χ3v) is 3.52. The van der Waals surface area contributed by atoms with E-state index in [9.17, 15) is 4.79 Å². The van der Waals surface area contributed by atoms with Gasteiger partial charge in [-0.2, -0.15) is 0 Å². The Morgan fingerprint density at radius 1 is 1.42 bits per heavy atom. The number of ether oxygens (including phenoxy) is 1. The molecule has 0 unspecified atom stereocenters. The summed E-state index contributed by atoms with van der Waals surface area (Å²) in [5.41, 5.74) is 0.597. The molecule has 19 heavy (non-hydrogen) atoms. The summed E-state index contributed by atoms with van der Waals surface area (Å²) < 4.78 is 5.39. The number of carbonyl (C=O) groups excluding carboxylic acids is 1. The average molecular weight is 281 g/mol. The lowest BCUT2D eigenvalue weighted by Crippen LogP contribution is -2.39. The van der Waals surface area contributed by atoms with E-state index in [0.717, 1.165) is 22.0 Å². The molecule has 0 spiro atoms. The Bertz CT molecular complexity index is 502. The van der Waals surface area contributed by atoms with E-state index in [1.165, 1.54) is 0 Å². The Morgan fingerprint density at radius 2 is 2.16 bits per heavy atom.